The Morgan fingerprint density at radius 2 is 1.89 bits per heavy atom. The zero-order valence-corrected chi connectivity index (χ0v) is 12.7. The molecule has 2 nitrogen and oxygen atoms in total. The smallest absolute Gasteiger partial charge is 0.0384 e. The fraction of sp³-hybridized carbons (Fsp3) is 0.625. The van der Waals surface area contributed by atoms with E-state index < -0.39 is 0 Å². The van der Waals surface area contributed by atoms with Gasteiger partial charge in [-0.2, -0.15) is 0 Å². The Morgan fingerprint density at radius 1 is 1.22 bits per heavy atom. The van der Waals surface area contributed by atoms with E-state index in [9.17, 15) is 0 Å². The molecule has 1 aromatic rings. The quantitative estimate of drug-likeness (QED) is 0.832. The molecule has 0 spiro atoms. The van der Waals surface area contributed by atoms with Gasteiger partial charge in [-0.15, -0.1) is 0 Å². The van der Waals surface area contributed by atoms with Crippen LogP contribution in [0.4, 0.5) is 0 Å². The molecule has 0 radical (unpaired) electrons. The van der Waals surface area contributed by atoms with Crippen LogP contribution in [0.15, 0.2) is 24.3 Å². The van der Waals surface area contributed by atoms with Gasteiger partial charge in [0.2, 0.25) is 0 Å². The molecule has 0 bridgehead atoms. The van der Waals surface area contributed by atoms with E-state index in [0.717, 1.165) is 6.54 Å². The van der Waals surface area contributed by atoms with E-state index in [1.165, 1.54) is 11.1 Å². The number of benzene rings is 1. The van der Waals surface area contributed by atoms with Crippen LogP contribution in [0.1, 0.15) is 31.0 Å². The van der Waals surface area contributed by atoms with Gasteiger partial charge in [-0.1, -0.05) is 43.7 Å². The van der Waals surface area contributed by atoms with E-state index in [1.54, 1.807) is 0 Å². The zero-order valence-electron chi connectivity index (χ0n) is 12.7. The molecule has 1 rings (SSSR count). The lowest BCUT2D eigenvalue weighted by molar-refractivity contribution is 0.169. The van der Waals surface area contributed by atoms with Crippen LogP contribution >= 0.6 is 0 Å². The number of hydrogen-bond acceptors (Lipinski definition) is 2. The molecule has 0 amide bonds. The lowest BCUT2D eigenvalue weighted by Gasteiger charge is -2.35. The number of rotatable bonds is 6. The molecular formula is C16H28N2. The summed E-state index contributed by atoms with van der Waals surface area (Å²) < 4.78 is 0. The molecule has 0 saturated heterocycles. The van der Waals surface area contributed by atoms with Gasteiger partial charge < -0.3 is 10.2 Å². The Morgan fingerprint density at radius 3 is 2.33 bits per heavy atom. The van der Waals surface area contributed by atoms with Crippen molar-refractivity contribution >= 4 is 0 Å². The van der Waals surface area contributed by atoms with Crippen molar-refractivity contribution in [2.45, 2.75) is 26.8 Å². The molecule has 2 heteroatoms. The van der Waals surface area contributed by atoms with Crippen LogP contribution in [-0.4, -0.2) is 32.6 Å². The summed E-state index contributed by atoms with van der Waals surface area (Å²) in [6.07, 6.45) is 0. The Labute approximate surface area is 112 Å². The van der Waals surface area contributed by atoms with Crippen molar-refractivity contribution in [2.75, 3.05) is 27.7 Å². The first-order chi connectivity index (χ1) is 8.47. The summed E-state index contributed by atoms with van der Waals surface area (Å²) in [4.78, 5) is 2.34. The summed E-state index contributed by atoms with van der Waals surface area (Å²) in [7, 11) is 6.40. The van der Waals surface area contributed by atoms with Gasteiger partial charge in [-0.3, -0.25) is 0 Å². The van der Waals surface area contributed by atoms with Gasteiger partial charge >= 0.3 is 0 Å². The van der Waals surface area contributed by atoms with Crippen LogP contribution in [0.5, 0.6) is 0 Å². The summed E-state index contributed by atoms with van der Waals surface area (Å²) in [5.74, 6) is 1.28. The summed E-state index contributed by atoms with van der Waals surface area (Å²) in [6, 6.07) is 9.37. The number of hydrogen-bond donors (Lipinski definition) is 1. The maximum absolute atomic E-state index is 3.34. The summed E-state index contributed by atoms with van der Waals surface area (Å²) in [6.45, 7) is 7.84. The third kappa shape index (κ3) is 3.82. The molecule has 2 atom stereocenters. The van der Waals surface area contributed by atoms with E-state index in [0.29, 0.717) is 17.9 Å². The molecule has 1 aromatic carbocycles. The fourth-order valence-electron chi connectivity index (χ4n) is 2.73. The lowest BCUT2D eigenvalue weighted by atomic mass is 9.83. The second kappa shape index (κ2) is 6.91. The van der Waals surface area contributed by atoms with E-state index in [2.05, 4.69) is 69.3 Å². The normalized spacial score (nSPS) is 15.1. The minimum absolute atomic E-state index is 0.470. The zero-order chi connectivity index (χ0) is 13.7. The average Bonchev–Trinajstić information content (AvgIpc) is 2.27. The molecular weight excluding hydrogens is 220 g/mol. The van der Waals surface area contributed by atoms with E-state index in [-0.39, 0.29) is 0 Å². The molecule has 0 aliphatic carbocycles. The van der Waals surface area contributed by atoms with Crippen LogP contribution in [-0.2, 0) is 0 Å². The van der Waals surface area contributed by atoms with Crippen molar-refractivity contribution in [3.05, 3.63) is 35.4 Å². The van der Waals surface area contributed by atoms with Crippen LogP contribution in [0.2, 0.25) is 0 Å². The van der Waals surface area contributed by atoms with Crippen molar-refractivity contribution in [2.24, 2.45) is 11.8 Å². The number of nitrogens with one attached hydrogen (secondary N) is 1. The van der Waals surface area contributed by atoms with Crippen LogP contribution in [0.3, 0.4) is 0 Å². The first kappa shape index (κ1) is 15.2. The Balaban J connectivity index is 3.07. The highest BCUT2D eigenvalue weighted by Crippen LogP contribution is 2.32. The van der Waals surface area contributed by atoms with E-state index in [4.69, 9.17) is 0 Å². The van der Waals surface area contributed by atoms with Crippen molar-refractivity contribution < 1.29 is 0 Å². The highest BCUT2D eigenvalue weighted by Gasteiger charge is 2.27. The summed E-state index contributed by atoms with van der Waals surface area (Å²) in [5.41, 5.74) is 2.76. The maximum Gasteiger partial charge on any atom is 0.0384 e. The van der Waals surface area contributed by atoms with Crippen molar-refractivity contribution in [1.29, 1.82) is 0 Å². The fourth-order valence-corrected chi connectivity index (χ4v) is 2.73. The molecule has 0 heterocycles. The number of aryl methyl sites for hydroxylation is 1. The van der Waals surface area contributed by atoms with E-state index in [1.807, 2.05) is 7.05 Å². The standard InChI is InChI=1S/C16H28N2/c1-12(2)15(11-17-4)16(18(5)6)14-9-7-8-13(3)10-14/h7-10,12,15-17H,11H2,1-6H3. The van der Waals surface area contributed by atoms with Crippen molar-refractivity contribution in [1.82, 2.24) is 10.2 Å². The molecule has 0 aliphatic rings. The molecule has 0 fully saturated rings. The molecule has 18 heavy (non-hydrogen) atoms. The lowest BCUT2D eigenvalue weighted by Crippen LogP contribution is -2.36. The van der Waals surface area contributed by atoms with Crippen LogP contribution in [0.25, 0.3) is 0 Å². The van der Waals surface area contributed by atoms with Gasteiger partial charge in [0.1, 0.15) is 0 Å². The second-order valence-electron chi connectivity index (χ2n) is 5.79. The highest BCUT2D eigenvalue weighted by atomic mass is 15.1. The SMILES string of the molecule is CNCC(C(C)C)C(c1cccc(C)c1)N(C)C. The minimum Gasteiger partial charge on any atom is -0.319 e. The van der Waals surface area contributed by atoms with Crippen molar-refractivity contribution in [3.63, 3.8) is 0 Å². The minimum atomic E-state index is 0.470. The first-order valence-electron chi connectivity index (χ1n) is 6.85. The van der Waals surface area contributed by atoms with Gasteiger partial charge in [0.15, 0.2) is 0 Å². The number of nitrogens with zero attached hydrogens (tertiary/aromatic N) is 1. The second-order valence-corrected chi connectivity index (χ2v) is 5.79. The Hall–Kier alpha value is -0.860. The monoisotopic (exact) mass is 248 g/mol. The van der Waals surface area contributed by atoms with Gasteiger partial charge in [0.25, 0.3) is 0 Å². The first-order valence-corrected chi connectivity index (χ1v) is 6.85. The molecule has 1 N–H and O–H groups in total. The third-order valence-corrected chi connectivity index (χ3v) is 3.64. The molecule has 0 aromatic heterocycles. The molecule has 102 valence electrons. The highest BCUT2D eigenvalue weighted by molar-refractivity contribution is 5.26. The largest absolute Gasteiger partial charge is 0.319 e. The molecule has 0 aliphatic heterocycles. The van der Waals surface area contributed by atoms with E-state index >= 15 is 0 Å². The third-order valence-electron chi connectivity index (χ3n) is 3.64. The predicted octanol–water partition coefficient (Wildman–Crippen LogP) is 3.09. The maximum atomic E-state index is 3.34. The van der Waals surface area contributed by atoms with Gasteiger partial charge in [-0.25, -0.2) is 0 Å². The Kier molecular flexibility index (Phi) is 5.83. The van der Waals surface area contributed by atoms with Gasteiger partial charge in [0, 0.05) is 6.04 Å². The van der Waals surface area contributed by atoms with Crippen molar-refractivity contribution in [3.8, 4) is 0 Å². The average molecular weight is 248 g/mol. The summed E-state index contributed by atoms with van der Waals surface area (Å²) in [5, 5.41) is 3.34. The van der Waals surface area contributed by atoms with Crippen LogP contribution in [0, 0.1) is 18.8 Å². The van der Waals surface area contributed by atoms with Gasteiger partial charge in [-0.05, 0) is 52.0 Å². The molecule has 0 saturated carbocycles. The summed E-state index contributed by atoms with van der Waals surface area (Å²) >= 11 is 0. The Bertz CT molecular complexity index is 358. The molecule has 2 unspecified atom stereocenters. The van der Waals surface area contributed by atoms with Crippen LogP contribution < -0.4 is 5.32 Å². The predicted molar refractivity (Wildman–Crippen MR) is 79.9 cm³/mol. The topological polar surface area (TPSA) is 15.3 Å². The van der Waals surface area contributed by atoms with Gasteiger partial charge in [0.05, 0.1) is 0 Å².